The molecule has 0 unspecified atom stereocenters. The topological polar surface area (TPSA) is 43.4 Å². The molecule has 0 saturated heterocycles. The maximum absolute atomic E-state index is 10.8. The molecule has 0 N–H and O–H groups in total. The number of unbranched alkanes of at least 4 members (excludes halogenated alkanes) is 14. The largest absolute Gasteiger partial charge is 1.00 e. The Kier molecular flexibility index (Phi) is 26.9. The molecule has 0 heterocycles. The first-order valence-corrected chi connectivity index (χ1v) is 11.6. The van der Waals surface area contributed by atoms with Crippen LogP contribution in [0, 0.1) is 0 Å². The van der Waals surface area contributed by atoms with Gasteiger partial charge in [0.15, 0.2) is 0 Å². The number of hydrogen-bond donors (Lipinski definition) is 0. The number of hydrogen-bond acceptors (Lipinski definition) is 3. The van der Waals surface area contributed by atoms with Crippen molar-refractivity contribution in [3.05, 3.63) is 0 Å². The second-order valence-electron chi connectivity index (χ2n) is 7.91. The van der Waals surface area contributed by atoms with E-state index in [-0.39, 0.29) is 36.0 Å². The van der Waals surface area contributed by atoms with Crippen LogP contribution in [0.15, 0.2) is 0 Å². The zero-order chi connectivity index (χ0) is 19.3. The molecular formula is C23H46NNaO2. The van der Waals surface area contributed by atoms with E-state index < -0.39 is 5.97 Å². The van der Waals surface area contributed by atoms with Crippen molar-refractivity contribution in [3.63, 3.8) is 0 Å². The minimum Gasteiger partial charge on any atom is -0.550 e. The predicted octanol–water partition coefficient (Wildman–Crippen LogP) is 2.71. The van der Waals surface area contributed by atoms with Crippen LogP contribution in [0.5, 0.6) is 0 Å². The van der Waals surface area contributed by atoms with Gasteiger partial charge in [-0.15, -0.1) is 0 Å². The predicted molar refractivity (Wildman–Crippen MR) is 111 cm³/mol. The third kappa shape index (κ3) is 24.4. The molecule has 0 rings (SSSR count). The normalized spacial score (nSPS) is 10.9. The number of rotatable bonds is 21. The number of aliphatic carboxylic acids is 1. The molecule has 27 heavy (non-hydrogen) atoms. The third-order valence-corrected chi connectivity index (χ3v) is 5.29. The summed E-state index contributed by atoms with van der Waals surface area (Å²) in [7, 11) is 0. The Morgan fingerprint density at radius 2 is 0.926 bits per heavy atom. The number of carbonyl (C=O) groups is 1. The van der Waals surface area contributed by atoms with Crippen molar-refractivity contribution < 1.29 is 39.5 Å². The quantitative estimate of drug-likeness (QED) is 0.223. The average Bonchev–Trinajstić information content (AvgIpc) is 2.63. The van der Waals surface area contributed by atoms with Crippen molar-refractivity contribution >= 4 is 5.97 Å². The van der Waals surface area contributed by atoms with Crippen molar-refractivity contribution in [2.24, 2.45) is 0 Å². The summed E-state index contributed by atoms with van der Waals surface area (Å²) in [5.41, 5.74) is 0. The van der Waals surface area contributed by atoms with Crippen LogP contribution in [0.25, 0.3) is 0 Å². The molecule has 4 heteroatoms. The molecule has 0 aromatic heterocycles. The molecule has 0 aromatic rings. The molecular weight excluding hydrogens is 345 g/mol. The van der Waals surface area contributed by atoms with Crippen LogP contribution in [-0.2, 0) is 4.79 Å². The molecule has 0 amide bonds. The molecule has 0 bridgehead atoms. The van der Waals surface area contributed by atoms with E-state index in [1.54, 1.807) is 0 Å². The monoisotopic (exact) mass is 391 g/mol. The Morgan fingerprint density at radius 1 is 0.593 bits per heavy atom. The number of carboxylic acid groups (broad SMARTS) is 1. The molecule has 0 spiro atoms. The van der Waals surface area contributed by atoms with Crippen LogP contribution in [0.4, 0.5) is 0 Å². The van der Waals surface area contributed by atoms with E-state index in [4.69, 9.17) is 0 Å². The van der Waals surface area contributed by atoms with E-state index in [9.17, 15) is 9.90 Å². The van der Waals surface area contributed by atoms with Gasteiger partial charge < -0.3 is 14.8 Å². The van der Waals surface area contributed by atoms with Crippen LogP contribution in [0.3, 0.4) is 0 Å². The average molecular weight is 392 g/mol. The summed E-state index contributed by atoms with van der Waals surface area (Å²) in [6, 6.07) is 0. The fourth-order valence-corrected chi connectivity index (χ4v) is 3.52. The fourth-order valence-electron chi connectivity index (χ4n) is 3.52. The van der Waals surface area contributed by atoms with Gasteiger partial charge in [-0.2, -0.15) is 0 Å². The Hall–Kier alpha value is 0.430. The summed E-state index contributed by atoms with van der Waals surface area (Å²) in [5, 5.41) is 10.8. The zero-order valence-electron chi connectivity index (χ0n) is 18.9. The minimum atomic E-state index is -0.915. The van der Waals surface area contributed by atoms with Gasteiger partial charge in [0.2, 0.25) is 0 Å². The van der Waals surface area contributed by atoms with E-state index >= 15 is 0 Å². The Balaban J connectivity index is 0. The molecule has 156 valence electrons. The van der Waals surface area contributed by atoms with Gasteiger partial charge in [-0.1, -0.05) is 104 Å². The summed E-state index contributed by atoms with van der Waals surface area (Å²) >= 11 is 0. The van der Waals surface area contributed by atoms with Gasteiger partial charge in [0.05, 0.1) is 0 Å². The van der Waals surface area contributed by atoms with Crippen molar-refractivity contribution in [2.75, 3.05) is 19.6 Å². The summed E-state index contributed by atoms with van der Waals surface area (Å²) in [6.45, 7) is 7.29. The van der Waals surface area contributed by atoms with Gasteiger partial charge in [0.1, 0.15) is 0 Å². The molecule has 0 radical (unpaired) electrons. The third-order valence-electron chi connectivity index (χ3n) is 5.29. The first kappa shape index (κ1) is 29.6. The summed E-state index contributed by atoms with van der Waals surface area (Å²) in [5.74, 6) is -0.915. The van der Waals surface area contributed by atoms with E-state index in [1.807, 2.05) is 0 Å². The summed E-state index contributed by atoms with van der Waals surface area (Å²) in [4.78, 5) is 13.1. The van der Waals surface area contributed by atoms with Gasteiger partial charge in [-0.3, -0.25) is 0 Å². The maximum Gasteiger partial charge on any atom is 1.00 e. The van der Waals surface area contributed by atoms with Crippen molar-refractivity contribution in [3.8, 4) is 0 Å². The maximum atomic E-state index is 10.8. The van der Waals surface area contributed by atoms with Crippen molar-refractivity contribution in [2.45, 2.75) is 123 Å². The van der Waals surface area contributed by atoms with E-state index in [0.29, 0.717) is 6.54 Å². The molecule has 0 fully saturated rings. The zero-order valence-corrected chi connectivity index (χ0v) is 20.9. The minimum absolute atomic E-state index is 0. The summed E-state index contributed by atoms with van der Waals surface area (Å²) < 4.78 is 0. The second kappa shape index (κ2) is 24.5. The van der Waals surface area contributed by atoms with Crippen molar-refractivity contribution in [1.29, 1.82) is 0 Å². The Bertz CT molecular complexity index is 280. The molecule has 0 aliphatic rings. The van der Waals surface area contributed by atoms with Gasteiger partial charge in [0.25, 0.3) is 0 Å². The van der Waals surface area contributed by atoms with Crippen LogP contribution in [-0.4, -0.2) is 30.5 Å². The molecule has 0 aliphatic carbocycles. The first-order chi connectivity index (χ1) is 12.7. The van der Waals surface area contributed by atoms with Gasteiger partial charge in [0, 0.05) is 12.5 Å². The molecule has 0 aromatic carbocycles. The number of nitrogens with zero attached hydrogens (tertiary/aromatic N) is 1. The fraction of sp³-hybridized carbons (Fsp3) is 0.957. The number of carbonyl (C=O) groups excluding carboxylic acids is 1. The molecule has 3 nitrogen and oxygen atoms in total. The molecule has 0 aliphatic heterocycles. The standard InChI is InChI=1S/C23H47NO2.Na/c1-3-5-7-9-11-13-15-17-20-24(22-19-23(25)26)21-18-16-14-12-10-8-6-4-2;/h3-22H2,1-2H3,(H,25,26);/q;+1/p-1. The van der Waals surface area contributed by atoms with Gasteiger partial charge in [-0.05, 0) is 32.4 Å². The van der Waals surface area contributed by atoms with Crippen molar-refractivity contribution in [1.82, 2.24) is 4.90 Å². The van der Waals surface area contributed by atoms with Crippen LogP contribution in [0.2, 0.25) is 0 Å². The van der Waals surface area contributed by atoms with Crippen LogP contribution < -0.4 is 34.7 Å². The van der Waals surface area contributed by atoms with E-state index in [1.165, 1.54) is 103 Å². The van der Waals surface area contributed by atoms with E-state index in [2.05, 4.69) is 18.7 Å². The SMILES string of the molecule is CCCCCCCCCCN(CCCCCCCCCC)CCC(=O)[O-].[Na+]. The summed E-state index contributed by atoms with van der Waals surface area (Å²) in [6.07, 6.45) is 21.4. The Morgan fingerprint density at radius 3 is 1.26 bits per heavy atom. The van der Waals surface area contributed by atoms with Gasteiger partial charge >= 0.3 is 29.6 Å². The van der Waals surface area contributed by atoms with Gasteiger partial charge in [-0.25, -0.2) is 0 Å². The van der Waals surface area contributed by atoms with Crippen LogP contribution >= 0.6 is 0 Å². The Labute approximate surface area is 192 Å². The van der Waals surface area contributed by atoms with Crippen LogP contribution in [0.1, 0.15) is 123 Å². The molecule has 0 atom stereocenters. The number of carboxylic acids is 1. The first-order valence-electron chi connectivity index (χ1n) is 11.6. The van der Waals surface area contributed by atoms with E-state index in [0.717, 1.165) is 13.1 Å². The smallest absolute Gasteiger partial charge is 0.550 e. The second-order valence-corrected chi connectivity index (χ2v) is 7.91. The molecule has 0 saturated carbocycles.